The Morgan fingerprint density at radius 3 is 3.26 bits per heavy atom. The molecule has 2 aliphatic rings. The fraction of sp³-hybridized carbons (Fsp3) is 0.714. The lowest BCUT2D eigenvalue weighted by Gasteiger charge is -2.17. The molecule has 3 unspecified atom stereocenters. The van der Waals surface area contributed by atoms with E-state index < -0.39 is 0 Å². The number of carbonyl (C=O) groups excluding carboxylic acids is 1. The smallest absolute Gasteiger partial charge is 0.237 e. The van der Waals surface area contributed by atoms with E-state index in [1.54, 1.807) is 6.20 Å². The van der Waals surface area contributed by atoms with Crippen LogP contribution in [0.15, 0.2) is 10.6 Å². The van der Waals surface area contributed by atoms with Crippen LogP contribution in [0.2, 0.25) is 0 Å². The Balaban J connectivity index is 1.53. The lowest BCUT2D eigenvalue weighted by Crippen LogP contribution is -2.43. The van der Waals surface area contributed by atoms with Crippen LogP contribution in [0.3, 0.4) is 0 Å². The number of carbonyl (C=O) groups is 1. The number of nitrogens with zero attached hydrogens (tertiary/aromatic N) is 1. The maximum Gasteiger partial charge on any atom is 0.237 e. The molecule has 5 heteroatoms. The van der Waals surface area contributed by atoms with E-state index in [1.165, 1.54) is 19.3 Å². The largest absolute Gasteiger partial charge is 0.444 e. The summed E-state index contributed by atoms with van der Waals surface area (Å²) in [6.45, 7) is 3.39. The van der Waals surface area contributed by atoms with Gasteiger partial charge in [0, 0.05) is 6.42 Å². The van der Waals surface area contributed by atoms with E-state index in [0.717, 1.165) is 18.7 Å². The van der Waals surface area contributed by atoms with Crippen molar-refractivity contribution < 1.29 is 9.21 Å². The second-order valence-electron chi connectivity index (χ2n) is 5.53. The maximum absolute atomic E-state index is 12.2. The molecule has 3 atom stereocenters. The van der Waals surface area contributed by atoms with Gasteiger partial charge in [-0.2, -0.15) is 0 Å². The van der Waals surface area contributed by atoms with E-state index in [9.17, 15) is 4.79 Å². The van der Waals surface area contributed by atoms with Crippen molar-refractivity contribution in [3.8, 4) is 0 Å². The van der Waals surface area contributed by atoms with Gasteiger partial charge in [0.05, 0.1) is 18.8 Å². The highest BCUT2D eigenvalue weighted by molar-refractivity contribution is 5.82. The Labute approximate surface area is 113 Å². The Morgan fingerprint density at radius 1 is 1.58 bits per heavy atom. The number of fused-ring (bicyclic) bond motifs is 1. The molecule has 0 spiro atoms. The predicted molar refractivity (Wildman–Crippen MR) is 70.3 cm³/mol. The van der Waals surface area contributed by atoms with E-state index >= 15 is 0 Å². The molecule has 1 saturated heterocycles. The number of aryl methyl sites for hydroxylation is 1. The van der Waals surface area contributed by atoms with Crippen LogP contribution in [0.5, 0.6) is 0 Å². The molecule has 0 bridgehead atoms. The molecule has 19 heavy (non-hydrogen) atoms. The number of hydrogen-bond donors (Lipinski definition) is 2. The van der Waals surface area contributed by atoms with E-state index in [4.69, 9.17) is 4.42 Å². The second kappa shape index (κ2) is 5.33. The zero-order valence-corrected chi connectivity index (χ0v) is 11.3. The summed E-state index contributed by atoms with van der Waals surface area (Å²) in [6, 6.07) is -0.0203. The summed E-state index contributed by atoms with van der Waals surface area (Å²) in [7, 11) is 0. The van der Waals surface area contributed by atoms with Gasteiger partial charge in [0.2, 0.25) is 11.8 Å². The van der Waals surface area contributed by atoms with Crippen LogP contribution in [-0.2, 0) is 17.8 Å². The zero-order valence-electron chi connectivity index (χ0n) is 11.3. The topological polar surface area (TPSA) is 67.2 Å². The van der Waals surface area contributed by atoms with Crippen LogP contribution in [0.25, 0.3) is 0 Å². The minimum absolute atomic E-state index is 0.0203. The fourth-order valence-corrected chi connectivity index (χ4v) is 3.34. The maximum atomic E-state index is 12.2. The van der Waals surface area contributed by atoms with Crippen molar-refractivity contribution >= 4 is 5.91 Å². The third kappa shape index (κ3) is 2.52. The Kier molecular flexibility index (Phi) is 3.55. The first kappa shape index (κ1) is 12.7. The molecule has 1 aliphatic heterocycles. The highest BCUT2D eigenvalue weighted by Gasteiger charge is 2.42. The molecule has 0 radical (unpaired) electrons. The lowest BCUT2D eigenvalue weighted by atomic mass is 9.94. The number of rotatable bonds is 4. The van der Waals surface area contributed by atoms with Gasteiger partial charge < -0.3 is 15.1 Å². The number of oxazole rings is 1. The third-order valence-electron chi connectivity index (χ3n) is 4.39. The molecule has 1 aromatic heterocycles. The summed E-state index contributed by atoms with van der Waals surface area (Å²) >= 11 is 0. The number of aromatic nitrogens is 1. The molecule has 1 aliphatic carbocycles. The van der Waals surface area contributed by atoms with Gasteiger partial charge in [-0.3, -0.25) is 4.79 Å². The molecule has 104 valence electrons. The first-order chi connectivity index (χ1) is 9.28. The third-order valence-corrected chi connectivity index (χ3v) is 4.39. The molecule has 5 nitrogen and oxygen atoms in total. The van der Waals surface area contributed by atoms with Crippen LogP contribution in [0.4, 0.5) is 0 Å². The molecule has 2 heterocycles. The summed E-state index contributed by atoms with van der Waals surface area (Å²) in [5.74, 6) is 2.76. The van der Waals surface area contributed by atoms with E-state index in [1.807, 2.05) is 6.92 Å². The van der Waals surface area contributed by atoms with Crippen LogP contribution in [-0.4, -0.2) is 23.5 Å². The standard InChI is InChI=1S/C14H21N3O2/c1-2-10-7-15-12(19-10)8-17-14(18)13-11-5-3-4-9(11)6-16-13/h7,9,11,13,16H,2-6,8H2,1H3,(H,17,18). The van der Waals surface area contributed by atoms with Gasteiger partial charge in [0.25, 0.3) is 0 Å². The Bertz CT molecular complexity index is 457. The van der Waals surface area contributed by atoms with Crippen molar-refractivity contribution in [1.29, 1.82) is 0 Å². The molecule has 0 aromatic carbocycles. The number of hydrogen-bond acceptors (Lipinski definition) is 4. The van der Waals surface area contributed by atoms with Gasteiger partial charge >= 0.3 is 0 Å². The molecule has 1 aromatic rings. The summed E-state index contributed by atoms with van der Waals surface area (Å²) in [5, 5.41) is 6.28. The highest BCUT2D eigenvalue weighted by atomic mass is 16.4. The quantitative estimate of drug-likeness (QED) is 0.857. The fourth-order valence-electron chi connectivity index (χ4n) is 3.34. The van der Waals surface area contributed by atoms with Crippen molar-refractivity contribution in [2.24, 2.45) is 11.8 Å². The molecular weight excluding hydrogens is 242 g/mol. The van der Waals surface area contributed by atoms with Gasteiger partial charge in [-0.15, -0.1) is 0 Å². The molecule has 3 rings (SSSR count). The van der Waals surface area contributed by atoms with Gasteiger partial charge in [-0.05, 0) is 31.2 Å². The summed E-state index contributed by atoms with van der Waals surface area (Å²) in [4.78, 5) is 16.3. The SMILES string of the molecule is CCc1cnc(CNC(=O)C2NCC3CCCC32)o1. The molecule has 1 amide bonds. The molecule has 2 N–H and O–H groups in total. The Hall–Kier alpha value is -1.36. The van der Waals surface area contributed by atoms with Crippen LogP contribution >= 0.6 is 0 Å². The van der Waals surface area contributed by atoms with E-state index in [-0.39, 0.29) is 11.9 Å². The van der Waals surface area contributed by atoms with E-state index in [0.29, 0.717) is 24.3 Å². The molecular formula is C14H21N3O2. The molecule has 2 fully saturated rings. The summed E-state index contributed by atoms with van der Waals surface area (Å²) in [5.41, 5.74) is 0. The number of amides is 1. The van der Waals surface area contributed by atoms with Gasteiger partial charge in [0.1, 0.15) is 5.76 Å². The van der Waals surface area contributed by atoms with Crippen molar-refractivity contribution in [2.45, 2.75) is 45.2 Å². The van der Waals surface area contributed by atoms with Crippen LogP contribution in [0.1, 0.15) is 37.8 Å². The van der Waals surface area contributed by atoms with Crippen LogP contribution < -0.4 is 10.6 Å². The minimum Gasteiger partial charge on any atom is -0.444 e. The monoisotopic (exact) mass is 263 g/mol. The van der Waals surface area contributed by atoms with Gasteiger partial charge in [-0.1, -0.05) is 13.3 Å². The van der Waals surface area contributed by atoms with Crippen molar-refractivity contribution in [2.75, 3.05) is 6.54 Å². The van der Waals surface area contributed by atoms with Crippen LogP contribution in [0, 0.1) is 11.8 Å². The summed E-state index contributed by atoms with van der Waals surface area (Å²) in [6.07, 6.45) is 6.26. The normalized spacial score (nSPS) is 29.4. The summed E-state index contributed by atoms with van der Waals surface area (Å²) < 4.78 is 5.49. The average Bonchev–Trinajstić information content (AvgIpc) is 3.11. The number of nitrogens with one attached hydrogen (secondary N) is 2. The van der Waals surface area contributed by atoms with Gasteiger partial charge in [-0.25, -0.2) is 4.98 Å². The van der Waals surface area contributed by atoms with E-state index in [2.05, 4.69) is 15.6 Å². The Morgan fingerprint density at radius 2 is 2.47 bits per heavy atom. The van der Waals surface area contributed by atoms with Gasteiger partial charge in [0.15, 0.2) is 0 Å². The van der Waals surface area contributed by atoms with Crippen molar-refractivity contribution in [1.82, 2.24) is 15.6 Å². The minimum atomic E-state index is -0.0203. The highest BCUT2D eigenvalue weighted by Crippen LogP contribution is 2.37. The lowest BCUT2D eigenvalue weighted by molar-refractivity contribution is -0.124. The molecule has 1 saturated carbocycles. The first-order valence-electron chi connectivity index (χ1n) is 7.22. The first-order valence-corrected chi connectivity index (χ1v) is 7.22. The second-order valence-corrected chi connectivity index (χ2v) is 5.53. The van der Waals surface area contributed by atoms with Crippen molar-refractivity contribution in [3.63, 3.8) is 0 Å². The van der Waals surface area contributed by atoms with Crippen molar-refractivity contribution in [3.05, 3.63) is 17.8 Å². The average molecular weight is 263 g/mol. The zero-order chi connectivity index (χ0) is 13.2. The predicted octanol–water partition coefficient (Wildman–Crippen LogP) is 1.24.